The summed E-state index contributed by atoms with van der Waals surface area (Å²) in [5.41, 5.74) is 8.54. The first-order valence-corrected chi connectivity index (χ1v) is 14.7. The van der Waals surface area contributed by atoms with E-state index in [9.17, 15) is 4.39 Å². The molecule has 2 aliphatic rings. The smallest absolute Gasteiger partial charge is 0.0785 e. The lowest BCUT2D eigenvalue weighted by molar-refractivity contribution is 0.244. The van der Waals surface area contributed by atoms with Crippen LogP contribution in [0.25, 0.3) is 0 Å². The number of likely N-dealkylation sites (tertiary alicyclic amines) is 1. The van der Waals surface area contributed by atoms with E-state index in [1.165, 1.54) is 29.5 Å². The second-order valence-corrected chi connectivity index (χ2v) is 12.5. The van der Waals surface area contributed by atoms with Crippen molar-refractivity contribution in [3.8, 4) is 0 Å². The third kappa shape index (κ3) is 9.60. The summed E-state index contributed by atoms with van der Waals surface area (Å²) in [5, 5.41) is 7.21. The molecule has 0 aromatic heterocycles. The molecule has 38 heavy (non-hydrogen) atoms. The molecule has 4 unspecified atom stereocenters. The van der Waals surface area contributed by atoms with Gasteiger partial charge in [-0.05, 0) is 61.8 Å². The Balaban J connectivity index is 0.000000357. The number of thioether (sulfide) groups is 1. The summed E-state index contributed by atoms with van der Waals surface area (Å²) in [7, 11) is 2.50. The molecule has 0 saturated carbocycles. The molecule has 3 rings (SSSR count). The van der Waals surface area contributed by atoms with Crippen LogP contribution >= 0.6 is 11.8 Å². The molecule has 0 aliphatic carbocycles. The van der Waals surface area contributed by atoms with Gasteiger partial charge in [-0.3, -0.25) is 9.38 Å². The van der Waals surface area contributed by atoms with E-state index in [1.54, 1.807) is 0 Å². The fraction of sp³-hybridized carbons (Fsp3) is 0.594. The number of alkyl halides is 1. The number of hydrogen-bond acceptors (Lipinski definition) is 5. The first-order valence-electron chi connectivity index (χ1n) is 13.7. The summed E-state index contributed by atoms with van der Waals surface area (Å²) in [6.45, 7) is 29.7. The van der Waals surface area contributed by atoms with Gasteiger partial charge in [-0.2, -0.15) is 0 Å². The molecule has 2 aliphatic heterocycles. The number of allylic oxidation sites excluding steroid dienone is 1. The zero-order valence-corrected chi connectivity index (χ0v) is 26.2. The van der Waals surface area contributed by atoms with Gasteiger partial charge in [0.2, 0.25) is 0 Å². The van der Waals surface area contributed by atoms with Gasteiger partial charge < -0.3 is 15.5 Å². The van der Waals surface area contributed by atoms with Crippen LogP contribution in [0.15, 0.2) is 60.4 Å². The van der Waals surface area contributed by atoms with Gasteiger partial charge in [0.15, 0.2) is 0 Å². The average molecular weight is 545 g/mol. The third-order valence-corrected chi connectivity index (χ3v) is 8.16. The van der Waals surface area contributed by atoms with Gasteiger partial charge in [0.25, 0.3) is 0 Å². The zero-order chi connectivity index (χ0) is 29.0. The largest absolute Gasteiger partial charge is 0.380 e. The van der Waals surface area contributed by atoms with Crippen molar-refractivity contribution in [1.29, 1.82) is 0 Å². The van der Waals surface area contributed by atoms with Crippen LogP contribution in [0.5, 0.6) is 0 Å². The van der Waals surface area contributed by atoms with E-state index in [1.807, 2.05) is 37.4 Å². The molecule has 0 spiro atoms. The van der Waals surface area contributed by atoms with E-state index in [0.717, 1.165) is 24.5 Å². The number of benzene rings is 1. The van der Waals surface area contributed by atoms with Crippen molar-refractivity contribution in [1.82, 2.24) is 15.5 Å². The Morgan fingerprint density at radius 1 is 1.26 bits per heavy atom. The summed E-state index contributed by atoms with van der Waals surface area (Å²) >= 11 is 1.84. The Kier molecular flexibility index (Phi) is 14.4. The standard InChI is InChI=1S/C16H28N2.C15H22N2S.CH3F/c1-8-14-10-9-11-18(14)13(4)15(16(5,6)7)17-12(2)3;1-10(2)14-7-12(5-6-13(14)8-16-4)15-11(3)17-9-18-15;1-2/h8,14-15,17H,1-2,4,9-11H2,3,5-7H3;5-7,9-11,15-16H,8H2,1-4H3;1H3. The van der Waals surface area contributed by atoms with Gasteiger partial charge in [0.05, 0.1) is 30.1 Å². The minimum Gasteiger partial charge on any atom is -0.380 e. The normalized spacial score (nSPS) is 21.2. The number of rotatable bonds is 9. The van der Waals surface area contributed by atoms with E-state index in [2.05, 4.69) is 100 Å². The van der Waals surface area contributed by atoms with Crippen LogP contribution in [0.2, 0.25) is 0 Å². The van der Waals surface area contributed by atoms with Crippen LogP contribution in [-0.2, 0) is 6.54 Å². The number of aliphatic imine (C=N–C) groups is 1. The van der Waals surface area contributed by atoms with E-state index < -0.39 is 0 Å². The highest BCUT2D eigenvalue weighted by atomic mass is 32.2. The van der Waals surface area contributed by atoms with Crippen molar-refractivity contribution in [3.63, 3.8) is 0 Å². The Morgan fingerprint density at radius 2 is 1.92 bits per heavy atom. The number of halogens is 1. The van der Waals surface area contributed by atoms with Crippen molar-refractivity contribution < 1.29 is 4.39 Å². The van der Waals surface area contributed by atoms with Gasteiger partial charge in [-0.25, -0.2) is 0 Å². The monoisotopic (exact) mass is 544 g/mol. The minimum atomic E-state index is 0.115. The molecular weight excluding hydrogens is 491 g/mol. The fourth-order valence-electron chi connectivity index (χ4n) is 5.03. The maximum atomic E-state index is 9.50. The second kappa shape index (κ2) is 16.1. The van der Waals surface area contributed by atoms with Crippen molar-refractivity contribution >= 4 is 17.3 Å². The van der Waals surface area contributed by atoms with Crippen LogP contribution in [0.3, 0.4) is 0 Å². The first kappa shape index (κ1) is 34.0. The topological polar surface area (TPSA) is 39.7 Å². The summed E-state index contributed by atoms with van der Waals surface area (Å²) in [6.07, 6.45) is 4.45. The highest BCUT2D eigenvalue weighted by Gasteiger charge is 2.33. The van der Waals surface area contributed by atoms with E-state index >= 15 is 0 Å². The molecule has 0 radical (unpaired) electrons. The maximum absolute atomic E-state index is 9.50. The Morgan fingerprint density at radius 3 is 2.39 bits per heavy atom. The Labute approximate surface area is 237 Å². The minimum absolute atomic E-state index is 0.115. The summed E-state index contributed by atoms with van der Waals surface area (Å²) in [5.74, 6) is 0.566. The van der Waals surface area contributed by atoms with E-state index in [-0.39, 0.29) is 11.5 Å². The molecule has 6 heteroatoms. The zero-order valence-electron chi connectivity index (χ0n) is 25.4. The van der Waals surface area contributed by atoms with Crippen LogP contribution in [0, 0.1) is 5.41 Å². The average Bonchev–Trinajstić information content (AvgIpc) is 3.52. The summed E-state index contributed by atoms with van der Waals surface area (Å²) in [6, 6.07) is 7.96. The number of nitrogens with zero attached hydrogens (tertiary/aromatic N) is 2. The Hall–Kier alpha value is -2.05. The van der Waals surface area contributed by atoms with Crippen LogP contribution in [0.1, 0.15) is 89.2 Å². The second-order valence-electron chi connectivity index (χ2n) is 11.5. The van der Waals surface area contributed by atoms with Crippen LogP contribution in [-0.4, -0.2) is 49.3 Å². The van der Waals surface area contributed by atoms with Crippen molar-refractivity contribution in [2.24, 2.45) is 10.4 Å². The van der Waals surface area contributed by atoms with Crippen molar-refractivity contribution in [3.05, 3.63) is 72.1 Å². The molecule has 0 bridgehead atoms. The lowest BCUT2D eigenvalue weighted by atomic mass is 9.84. The van der Waals surface area contributed by atoms with Crippen LogP contribution < -0.4 is 10.6 Å². The number of hydrogen-bond donors (Lipinski definition) is 2. The van der Waals surface area contributed by atoms with Crippen molar-refractivity contribution in [2.45, 2.75) is 97.1 Å². The van der Waals surface area contributed by atoms with Gasteiger partial charge in [-0.15, -0.1) is 18.3 Å². The molecule has 4 nitrogen and oxygen atoms in total. The van der Waals surface area contributed by atoms with E-state index in [4.69, 9.17) is 0 Å². The highest BCUT2D eigenvalue weighted by Crippen LogP contribution is 2.38. The maximum Gasteiger partial charge on any atom is 0.0785 e. The molecule has 2 N–H and O–H groups in total. The quantitative estimate of drug-likeness (QED) is 0.309. The molecule has 1 fully saturated rings. The fourth-order valence-corrected chi connectivity index (χ4v) is 6.03. The summed E-state index contributed by atoms with van der Waals surface area (Å²) in [4.78, 5) is 6.84. The van der Waals surface area contributed by atoms with Crippen LogP contribution in [0.4, 0.5) is 4.39 Å². The number of nitrogens with one attached hydrogen (secondary N) is 2. The Bertz CT molecular complexity index is 934. The first-order chi connectivity index (χ1) is 17.9. The highest BCUT2D eigenvalue weighted by molar-refractivity contribution is 8.12. The molecule has 4 atom stereocenters. The lowest BCUT2D eigenvalue weighted by Gasteiger charge is -2.39. The molecule has 0 amide bonds. The van der Waals surface area contributed by atoms with Gasteiger partial charge >= 0.3 is 0 Å². The predicted molar refractivity (Wildman–Crippen MR) is 169 cm³/mol. The molecule has 214 valence electrons. The van der Waals surface area contributed by atoms with Gasteiger partial charge in [0, 0.05) is 30.5 Å². The predicted octanol–water partition coefficient (Wildman–Crippen LogP) is 8.01. The molecule has 1 aromatic rings. The molecular formula is C32H53FN4S. The van der Waals surface area contributed by atoms with Gasteiger partial charge in [-0.1, -0.05) is 72.1 Å². The lowest BCUT2D eigenvalue weighted by Crippen LogP contribution is -2.46. The summed E-state index contributed by atoms with van der Waals surface area (Å²) < 4.78 is 9.50. The van der Waals surface area contributed by atoms with Gasteiger partial charge in [0.1, 0.15) is 0 Å². The molecule has 1 aromatic carbocycles. The molecule has 2 heterocycles. The molecule has 1 saturated heterocycles. The van der Waals surface area contributed by atoms with Crippen molar-refractivity contribution in [2.75, 3.05) is 20.8 Å². The SMILES string of the molecule is C=CC1CCCN1C(=C)C(NC(=C)C)C(C)(C)C.CF.CNCc1ccc(C2SC=NC2C)cc1C(C)C. The third-order valence-electron chi connectivity index (χ3n) is 6.96. The van der Waals surface area contributed by atoms with E-state index in [0.29, 0.717) is 30.4 Å².